The van der Waals surface area contributed by atoms with E-state index in [0.29, 0.717) is 21.9 Å². The van der Waals surface area contributed by atoms with Crippen LogP contribution in [0.2, 0.25) is 0 Å². The van der Waals surface area contributed by atoms with E-state index in [-0.39, 0.29) is 5.78 Å². The Kier molecular flexibility index (Phi) is 4.27. The van der Waals surface area contributed by atoms with Crippen molar-refractivity contribution in [2.45, 2.75) is 6.92 Å². The van der Waals surface area contributed by atoms with E-state index in [4.69, 9.17) is 9.47 Å². The molecule has 0 spiro atoms. The number of halogens is 1. The average Bonchev–Trinajstić information content (AvgIpc) is 2.75. The number of rotatable bonds is 4. The molecule has 2 rings (SSSR count). The van der Waals surface area contributed by atoms with Crippen molar-refractivity contribution in [1.29, 1.82) is 0 Å². The number of carbonyl (C=O) groups excluding carboxylic acids is 1. The smallest absolute Gasteiger partial charge is 0.211 e. The molecule has 0 saturated carbocycles. The average molecular weight is 341 g/mol. The minimum atomic E-state index is -0.0979. The Hall–Kier alpha value is -1.33. The molecule has 1 aromatic heterocycles. The molecule has 0 saturated heterocycles. The molecular formula is C14H13BrO3S. The molecule has 2 aromatic rings. The fourth-order valence-electron chi connectivity index (χ4n) is 1.83. The highest BCUT2D eigenvalue weighted by Crippen LogP contribution is 2.35. The second-order valence-corrected chi connectivity index (χ2v) is 6.01. The molecule has 0 unspecified atom stereocenters. The minimum Gasteiger partial charge on any atom is -0.496 e. The van der Waals surface area contributed by atoms with E-state index >= 15 is 0 Å². The lowest BCUT2D eigenvalue weighted by molar-refractivity contribution is 0.103. The van der Waals surface area contributed by atoms with Gasteiger partial charge in [0.25, 0.3) is 0 Å². The topological polar surface area (TPSA) is 35.5 Å². The van der Waals surface area contributed by atoms with Gasteiger partial charge in [-0.05, 0) is 41.1 Å². The van der Waals surface area contributed by atoms with Gasteiger partial charge in [-0.2, -0.15) is 0 Å². The zero-order valence-corrected chi connectivity index (χ0v) is 13.2. The number of methoxy groups -OCH3 is 2. The number of hydrogen-bond acceptors (Lipinski definition) is 4. The van der Waals surface area contributed by atoms with Gasteiger partial charge in [0.05, 0.1) is 19.1 Å². The van der Waals surface area contributed by atoms with Gasteiger partial charge in [-0.1, -0.05) is 6.07 Å². The van der Waals surface area contributed by atoms with Crippen LogP contribution in [0.5, 0.6) is 11.5 Å². The van der Waals surface area contributed by atoms with E-state index in [1.165, 1.54) is 11.3 Å². The maximum Gasteiger partial charge on any atom is 0.211 e. The third-order valence-corrected chi connectivity index (χ3v) is 4.61. The van der Waals surface area contributed by atoms with Gasteiger partial charge in [0.2, 0.25) is 5.78 Å². The highest BCUT2D eigenvalue weighted by molar-refractivity contribution is 9.10. The summed E-state index contributed by atoms with van der Waals surface area (Å²) in [6, 6.07) is 7.23. The molecule has 0 aliphatic heterocycles. The zero-order valence-electron chi connectivity index (χ0n) is 10.8. The van der Waals surface area contributed by atoms with Crippen LogP contribution in [0.1, 0.15) is 20.1 Å². The predicted molar refractivity (Wildman–Crippen MR) is 79.7 cm³/mol. The Balaban J connectivity index is 2.58. The van der Waals surface area contributed by atoms with Crippen molar-refractivity contribution in [3.05, 3.63) is 44.1 Å². The van der Waals surface area contributed by atoms with Crippen molar-refractivity contribution in [1.82, 2.24) is 0 Å². The number of hydrogen-bond donors (Lipinski definition) is 0. The van der Waals surface area contributed by atoms with Crippen LogP contribution in [0.4, 0.5) is 0 Å². The van der Waals surface area contributed by atoms with Crippen LogP contribution < -0.4 is 9.47 Å². The SMILES string of the molecule is COc1cccc(OC)c1C(=O)c1sc(C)cc1Br. The third-order valence-electron chi connectivity index (χ3n) is 2.67. The molecule has 19 heavy (non-hydrogen) atoms. The maximum absolute atomic E-state index is 12.7. The molecule has 0 fully saturated rings. The van der Waals surface area contributed by atoms with Crippen LogP contribution in [0.3, 0.4) is 0 Å². The number of ether oxygens (including phenoxy) is 2. The van der Waals surface area contributed by atoms with Crippen LogP contribution in [-0.2, 0) is 0 Å². The van der Waals surface area contributed by atoms with Crippen LogP contribution in [0.15, 0.2) is 28.7 Å². The Morgan fingerprint density at radius 3 is 2.21 bits per heavy atom. The minimum absolute atomic E-state index is 0.0979. The lowest BCUT2D eigenvalue weighted by Gasteiger charge is -2.11. The molecule has 0 amide bonds. The highest BCUT2D eigenvalue weighted by Gasteiger charge is 2.23. The Labute approximate surface area is 124 Å². The van der Waals surface area contributed by atoms with Gasteiger partial charge in [-0.25, -0.2) is 0 Å². The molecule has 0 aliphatic rings. The molecule has 0 N–H and O–H groups in total. The predicted octanol–water partition coefficient (Wildman–Crippen LogP) is 4.07. The van der Waals surface area contributed by atoms with Crippen molar-refractivity contribution in [3.8, 4) is 11.5 Å². The summed E-state index contributed by atoms with van der Waals surface area (Å²) >= 11 is 4.86. The fraction of sp³-hybridized carbons (Fsp3) is 0.214. The first-order valence-corrected chi connectivity index (χ1v) is 7.21. The molecule has 100 valence electrons. The van der Waals surface area contributed by atoms with Crippen LogP contribution in [-0.4, -0.2) is 20.0 Å². The summed E-state index contributed by atoms with van der Waals surface area (Å²) in [6.07, 6.45) is 0. The van der Waals surface area contributed by atoms with Gasteiger partial charge in [-0.15, -0.1) is 11.3 Å². The zero-order chi connectivity index (χ0) is 14.0. The third kappa shape index (κ3) is 2.67. The summed E-state index contributed by atoms with van der Waals surface area (Å²) in [4.78, 5) is 14.4. The molecule has 0 radical (unpaired) electrons. The van der Waals surface area contributed by atoms with Crippen molar-refractivity contribution < 1.29 is 14.3 Å². The molecular weight excluding hydrogens is 328 g/mol. The normalized spacial score (nSPS) is 10.3. The first-order chi connectivity index (χ1) is 9.08. The molecule has 3 nitrogen and oxygen atoms in total. The number of aryl methyl sites for hydroxylation is 1. The Morgan fingerprint density at radius 1 is 1.21 bits per heavy atom. The number of benzene rings is 1. The Morgan fingerprint density at radius 2 is 1.79 bits per heavy atom. The monoisotopic (exact) mass is 340 g/mol. The Bertz CT molecular complexity index is 597. The number of ketones is 1. The first-order valence-electron chi connectivity index (χ1n) is 5.60. The standard InChI is InChI=1S/C14H13BrO3S/c1-8-7-9(15)14(19-8)13(16)12-10(17-2)5-4-6-11(12)18-3/h4-7H,1-3H3. The summed E-state index contributed by atoms with van der Waals surface area (Å²) in [5, 5.41) is 0. The van der Waals surface area contributed by atoms with E-state index in [9.17, 15) is 4.79 Å². The van der Waals surface area contributed by atoms with Crippen molar-refractivity contribution in [3.63, 3.8) is 0 Å². The van der Waals surface area contributed by atoms with Gasteiger partial charge in [0.1, 0.15) is 17.1 Å². The summed E-state index contributed by atoms with van der Waals surface area (Å²) in [5.74, 6) is 0.934. The van der Waals surface area contributed by atoms with Gasteiger partial charge >= 0.3 is 0 Å². The molecule has 0 atom stereocenters. The molecule has 5 heteroatoms. The molecule has 1 heterocycles. The van der Waals surface area contributed by atoms with Gasteiger partial charge in [0, 0.05) is 9.35 Å². The molecule has 1 aromatic carbocycles. The van der Waals surface area contributed by atoms with Crippen molar-refractivity contribution >= 4 is 33.0 Å². The van der Waals surface area contributed by atoms with Crippen LogP contribution in [0, 0.1) is 6.92 Å². The van der Waals surface area contributed by atoms with Gasteiger partial charge in [-0.3, -0.25) is 4.79 Å². The summed E-state index contributed by atoms with van der Waals surface area (Å²) < 4.78 is 11.3. The van der Waals surface area contributed by atoms with Gasteiger partial charge < -0.3 is 9.47 Å². The molecule has 0 bridgehead atoms. The van der Waals surface area contributed by atoms with Crippen LogP contribution >= 0.6 is 27.3 Å². The highest BCUT2D eigenvalue weighted by atomic mass is 79.9. The largest absolute Gasteiger partial charge is 0.496 e. The second-order valence-electron chi connectivity index (χ2n) is 3.90. The lowest BCUT2D eigenvalue weighted by atomic mass is 10.1. The summed E-state index contributed by atoms with van der Waals surface area (Å²) in [5.41, 5.74) is 0.454. The van der Waals surface area contributed by atoms with Gasteiger partial charge in [0.15, 0.2) is 0 Å². The second kappa shape index (κ2) is 5.75. The van der Waals surface area contributed by atoms with E-state index in [1.54, 1.807) is 32.4 Å². The molecule has 0 aliphatic carbocycles. The summed E-state index contributed by atoms with van der Waals surface area (Å²) in [6.45, 7) is 1.96. The van der Waals surface area contributed by atoms with E-state index < -0.39 is 0 Å². The summed E-state index contributed by atoms with van der Waals surface area (Å²) in [7, 11) is 3.08. The van der Waals surface area contributed by atoms with Crippen LogP contribution in [0.25, 0.3) is 0 Å². The van der Waals surface area contributed by atoms with Crippen molar-refractivity contribution in [2.75, 3.05) is 14.2 Å². The van der Waals surface area contributed by atoms with Crippen molar-refractivity contribution in [2.24, 2.45) is 0 Å². The van der Waals surface area contributed by atoms with E-state index in [0.717, 1.165) is 9.35 Å². The lowest BCUT2D eigenvalue weighted by Crippen LogP contribution is -2.05. The van der Waals surface area contributed by atoms with E-state index in [1.807, 2.05) is 13.0 Å². The van der Waals surface area contributed by atoms with E-state index in [2.05, 4.69) is 15.9 Å². The first kappa shape index (κ1) is 14.1. The quantitative estimate of drug-likeness (QED) is 0.787. The maximum atomic E-state index is 12.7. The number of carbonyl (C=O) groups is 1. The fourth-order valence-corrected chi connectivity index (χ4v) is 3.59. The number of thiophene rings is 1.